The quantitative estimate of drug-likeness (QED) is 0.727. The van der Waals surface area contributed by atoms with Crippen molar-refractivity contribution in [3.05, 3.63) is 71.8 Å². The Bertz CT molecular complexity index is 716. The van der Waals surface area contributed by atoms with Crippen molar-refractivity contribution in [2.75, 3.05) is 0 Å². The topological polar surface area (TPSA) is 92.7 Å². The van der Waals surface area contributed by atoms with Gasteiger partial charge in [0.1, 0.15) is 6.61 Å². The number of rotatable bonds is 7. The number of esters is 1. The van der Waals surface area contributed by atoms with E-state index in [4.69, 9.17) is 9.84 Å². The Morgan fingerprint density at radius 1 is 0.926 bits per heavy atom. The lowest BCUT2D eigenvalue weighted by Gasteiger charge is -2.17. The second-order valence-corrected chi connectivity index (χ2v) is 5.61. The molecule has 0 aliphatic carbocycles. The molecule has 0 fully saturated rings. The fourth-order valence-corrected chi connectivity index (χ4v) is 2.00. The van der Waals surface area contributed by atoms with Gasteiger partial charge in [-0.25, -0.2) is 4.79 Å². The zero-order chi connectivity index (χ0) is 20.1. The second-order valence-electron chi connectivity index (χ2n) is 5.61. The zero-order valence-corrected chi connectivity index (χ0v) is 15.6. The van der Waals surface area contributed by atoms with Gasteiger partial charge in [-0.1, -0.05) is 74.5 Å². The molecule has 6 heteroatoms. The van der Waals surface area contributed by atoms with E-state index >= 15 is 0 Å². The van der Waals surface area contributed by atoms with Crippen LogP contribution in [-0.4, -0.2) is 23.0 Å². The maximum absolute atomic E-state index is 12.3. The molecule has 27 heavy (non-hydrogen) atoms. The average molecular weight is 371 g/mol. The molecule has 6 nitrogen and oxygen atoms in total. The first-order valence-electron chi connectivity index (χ1n) is 8.74. The van der Waals surface area contributed by atoms with Crippen molar-refractivity contribution in [1.29, 1.82) is 0 Å². The van der Waals surface area contributed by atoms with E-state index in [0.29, 0.717) is 12.0 Å². The van der Waals surface area contributed by atoms with Gasteiger partial charge in [-0.2, -0.15) is 0 Å². The number of carbonyl (C=O) groups excluding carboxylic acids is 2. The summed E-state index contributed by atoms with van der Waals surface area (Å²) in [5, 5.41) is 10.4. The Morgan fingerprint density at radius 2 is 1.44 bits per heavy atom. The molecule has 0 aliphatic heterocycles. The van der Waals surface area contributed by atoms with Gasteiger partial charge in [0.2, 0.25) is 5.91 Å². The minimum absolute atomic E-state index is 0.186. The number of amides is 1. The van der Waals surface area contributed by atoms with Crippen LogP contribution in [0.25, 0.3) is 0 Å². The molecule has 144 valence electrons. The maximum Gasteiger partial charge on any atom is 0.333 e. The summed E-state index contributed by atoms with van der Waals surface area (Å²) >= 11 is 0. The summed E-state index contributed by atoms with van der Waals surface area (Å²) < 4.78 is 5.34. The molecule has 2 aromatic carbocycles. The molecular weight excluding hydrogens is 346 g/mol. The Hall–Kier alpha value is -3.15. The number of nitrogens with one attached hydrogen (secondary N) is 1. The highest BCUT2D eigenvalue weighted by atomic mass is 16.5. The van der Waals surface area contributed by atoms with E-state index in [9.17, 15) is 14.4 Å². The van der Waals surface area contributed by atoms with Crippen molar-refractivity contribution in [2.24, 2.45) is 0 Å². The molecule has 0 saturated heterocycles. The zero-order valence-electron chi connectivity index (χ0n) is 15.6. The molecule has 1 amide bonds. The smallest absolute Gasteiger partial charge is 0.333 e. The van der Waals surface area contributed by atoms with Gasteiger partial charge in [0.15, 0.2) is 6.04 Å². The third kappa shape index (κ3) is 8.67. The van der Waals surface area contributed by atoms with E-state index < -0.39 is 18.0 Å². The largest absolute Gasteiger partial charge is 0.481 e. The van der Waals surface area contributed by atoms with Crippen LogP contribution in [0.15, 0.2) is 60.7 Å². The van der Waals surface area contributed by atoms with Crippen molar-refractivity contribution < 1.29 is 24.2 Å². The summed E-state index contributed by atoms with van der Waals surface area (Å²) in [5.74, 6) is -1.40. The van der Waals surface area contributed by atoms with Crippen LogP contribution in [0.1, 0.15) is 43.9 Å². The molecule has 2 N–H and O–H groups in total. The SMILES string of the molecule is CCC(=O)N[C@H](C(=O)OCc1ccccc1)c1ccccc1.CCC(=O)O. The second kappa shape index (κ2) is 12.2. The monoisotopic (exact) mass is 371 g/mol. The van der Waals surface area contributed by atoms with Crippen LogP contribution in [0.4, 0.5) is 0 Å². The first-order chi connectivity index (χ1) is 13.0. The van der Waals surface area contributed by atoms with Crippen LogP contribution < -0.4 is 5.32 Å². The fraction of sp³-hybridized carbons (Fsp3) is 0.286. The Morgan fingerprint density at radius 3 is 1.93 bits per heavy atom. The van der Waals surface area contributed by atoms with E-state index in [1.165, 1.54) is 0 Å². The van der Waals surface area contributed by atoms with Gasteiger partial charge in [0, 0.05) is 12.8 Å². The Kier molecular flexibility index (Phi) is 9.93. The van der Waals surface area contributed by atoms with Crippen LogP contribution in [0.2, 0.25) is 0 Å². The number of hydrogen-bond acceptors (Lipinski definition) is 4. The summed E-state index contributed by atoms with van der Waals surface area (Å²) in [7, 11) is 0. The van der Waals surface area contributed by atoms with Crippen molar-refractivity contribution in [2.45, 2.75) is 39.3 Å². The molecule has 0 heterocycles. The third-order valence-corrected chi connectivity index (χ3v) is 3.52. The van der Waals surface area contributed by atoms with E-state index in [1.54, 1.807) is 26.0 Å². The number of carbonyl (C=O) groups is 3. The Labute approximate surface area is 159 Å². The standard InChI is InChI=1S/C18H19NO3.C3H6O2/c1-2-16(20)19-17(15-11-7-4-8-12-15)18(21)22-13-14-9-5-3-6-10-14;1-2-3(4)5/h3-12,17H,2,13H2,1H3,(H,19,20);2H2,1H3,(H,4,5)/t17-;/m0./s1. The van der Waals surface area contributed by atoms with Gasteiger partial charge in [0.05, 0.1) is 0 Å². The lowest BCUT2D eigenvalue weighted by molar-refractivity contribution is -0.149. The van der Waals surface area contributed by atoms with Gasteiger partial charge in [-0.15, -0.1) is 0 Å². The molecule has 2 rings (SSSR count). The van der Waals surface area contributed by atoms with Gasteiger partial charge in [-0.05, 0) is 11.1 Å². The predicted octanol–water partition coefficient (Wildman–Crippen LogP) is 3.48. The molecule has 0 bridgehead atoms. The molecule has 0 spiro atoms. The maximum atomic E-state index is 12.3. The van der Waals surface area contributed by atoms with Gasteiger partial charge < -0.3 is 15.2 Å². The number of aliphatic carboxylic acids is 1. The molecule has 1 atom stereocenters. The summed E-state index contributed by atoms with van der Waals surface area (Å²) in [6.45, 7) is 3.53. The first kappa shape index (κ1) is 21.9. The molecule has 0 unspecified atom stereocenters. The van der Waals surface area contributed by atoms with Crippen molar-refractivity contribution in [3.63, 3.8) is 0 Å². The van der Waals surface area contributed by atoms with Crippen molar-refractivity contribution >= 4 is 17.8 Å². The third-order valence-electron chi connectivity index (χ3n) is 3.52. The van der Waals surface area contributed by atoms with Crippen LogP contribution in [-0.2, 0) is 25.7 Å². The minimum Gasteiger partial charge on any atom is -0.481 e. The lowest BCUT2D eigenvalue weighted by atomic mass is 10.1. The van der Waals surface area contributed by atoms with E-state index in [2.05, 4.69) is 5.32 Å². The number of hydrogen-bond donors (Lipinski definition) is 2. The van der Waals surface area contributed by atoms with Crippen LogP contribution in [0, 0.1) is 0 Å². The number of carboxylic acid groups (broad SMARTS) is 1. The van der Waals surface area contributed by atoms with Crippen LogP contribution in [0.3, 0.4) is 0 Å². The molecule has 0 aromatic heterocycles. The van der Waals surface area contributed by atoms with Crippen LogP contribution >= 0.6 is 0 Å². The molecular formula is C21H25NO5. The number of benzene rings is 2. The van der Waals surface area contributed by atoms with Gasteiger partial charge >= 0.3 is 11.9 Å². The predicted molar refractivity (Wildman–Crippen MR) is 102 cm³/mol. The lowest BCUT2D eigenvalue weighted by Crippen LogP contribution is -2.34. The molecule has 0 saturated carbocycles. The highest BCUT2D eigenvalue weighted by Crippen LogP contribution is 2.15. The fourth-order valence-electron chi connectivity index (χ4n) is 2.00. The number of carboxylic acids is 1. The first-order valence-corrected chi connectivity index (χ1v) is 8.74. The van der Waals surface area contributed by atoms with E-state index in [-0.39, 0.29) is 18.9 Å². The normalized spacial score (nSPS) is 10.7. The highest BCUT2D eigenvalue weighted by Gasteiger charge is 2.23. The van der Waals surface area contributed by atoms with Gasteiger partial charge in [0.25, 0.3) is 0 Å². The molecule has 0 aliphatic rings. The summed E-state index contributed by atoms with van der Waals surface area (Å²) in [4.78, 5) is 33.4. The average Bonchev–Trinajstić information content (AvgIpc) is 2.71. The minimum atomic E-state index is -0.780. The Balaban J connectivity index is 0.000000646. The van der Waals surface area contributed by atoms with Gasteiger partial charge in [-0.3, -0.25) is 9.59 Å². The molecule has 0 radical (unpaired) electrons. The summed E-state index contributed by atoms with van der Waals surface area (Å²) in [6.07, 6.45) is 0.537. The van der Waals surface area contributed by atoms with E-state index in [1.807, 2.05) is 48.5 Å². The highest BCUT2D eigenvalue weighted by molar-refractivity contribution is 5.85. The summed E-state index contributed by atoms with van der Waals surface area (Å²) in [5.41, 5.74) is 1.62. The summed E-state index contributed by atoms with van der Waals surface area (Å²) in [6, 6.07) is 17.8. The molecule has 2 aromatic rings. The number of ether oxygens (including phenoxy) is 1. The van der Waals surface area contributed by atoms with Crippen LogP contribution in [0.5, 0.6) is 0 Å². The van der Waals surface area contributed by atoms with E-state index in [0.717, 1.165) is 5.56 Å². The van der Waals surface area contributed by atoms with Crippen molar-refractivity contribution in [1.82, 2.24) is 5.32 Å². The van der Waals surface area contributed by atoms with Crippen molar-refractivity contribution in [3.8, 4) is 0 Å².